The highest BCUT2D eigenvalue weighted by molar-refractivity contribution is 6.31. The Bertz CT molecular complexity index is 1450. The zero-order valence-electron chi connectivity index (χ0n) is 16.4. The predicted molar refractivity (Wildman–Crippen MR) is 125 cm³/mol. The summed E-state index contributed by atoms with van der Waals surface area (Å²) in [6, 6.07) is 27.5. The first-order valence-electron chi connectivity index (χ1n) is 9.82. The van der Waals surface area contributed by atoms with E-state index < -0.39 is 0 Å². The van der Waals surface area contributed by atoms with Gasteiger partial charge in [0.1, 0.15) is 5.69 Å². The van der Waals surface area contributed by atoms with Crippen LogP contribution >= 0.6 is 11.6 Å². The van der Waals surface area contributed by atoms with Gasteiger partial charge in [-0.2, -0.15) is 0 Å². The van der Waals surface area contributed by atoms with Crippen LogP contribution in [0.1, 0.15) is 26.4 Å². The molecule has 5 heteroatoms. The van der Waals surface area contributed by atoms with Gasteiger partial charge in [0.25, 0.3) is 5.91 Å². The first-order chi connectivity index (χ1) is 15.1. The zero-order chi connectivity index (χ0) is 21.4. The molecule has 0 atom stereocenters. The maximum Gasteiger partial charge on any atom is 0.256 e. The molecule has 0 saturated carbocycles. The summed E-state index contributed by atoms with van der Waals surface area (Å²) in [4.78, 5) is 29.7. The lowest BCUT2D eigenvalue weighted by Crippen LogP contribution is -2.15. The van der Waals surface area contributed by atoms with Crippen LogP contribution in [0.3, 0.4) is 0 Å². The molecule has 0 aliphatic carbocycles. The zero-order valence-corrected chi connectivity index (χ0v) is 17.1. The molecule has 31 heavy (non-hydrogen) atoms. The van der Waals surface area contributed by atoms with Crippen molar-refractivity contribution in [3.05, 3.63) is 113 Å². The van der Waals surface area contributed by atoms with Crippen LogP contribution in [0.2, 0.25) is 5.02 Å². The second-order valence-electron chi connectivity index (χ2n) is 7.24. The number of anilines is 1. The van der Waals surface area contributed by atoms with Crippen LogP contribution in [0.4, 0.5) is 5.69 Å². The maximum absolute atomic E-state index is 13.3. The van der Waals surface area contributed by atoms with E-state index in [9.17, 15) is 9.59 Å². The Balaban J connectivity index is 1.63. The Morgan fingerprint density at radius 3 is 2.35 bits per heavy atom. The third-order valence-electron chi connectivity index (χ3n) is 5.30. The molecule has 0 bridgehead atoms. The minimum Gasteiger partial charge on any atom is -0.350 e. The second kappa shape index (κ2) is 7.74. The predicted octanol–water partition coefficient (Wildman–Crippen LogP) is 6.46. The number of ketones is 1. The Labute approximate surface area is 183 Å². The third kappa shape index (κ3) is 3.47. The molecule has 0 aliphatic heterocycles. The van der Waals surface area contributed by atoms with E-state index in [-0.39, 0.29) is 11.7 Å². The molecule has 1 heterocycles. The molecule has 0 radical (unpaired) electrons. The van der Waals surface area contributed by atoms with Crippen LogP contribution in [0, 0.1) is 0 Å². The number of hydrogen-bond acceptors (Lipinski definition) is 2. The summed E-state index contributed by atoms with van der Waals surface area (Å²) in [6.07, 6.45) is 0. The minimum atomic E-state index is -0.283. The molecule has 5 aromatic rings. The number of H-pyrrole nitrogens is 1. The minimum absolute atomic E-state index is 0.207. The number of aromatic nitrogens is 1. The molecule has 2 N–H and O–H groups in total. The van der Waals surface area contributed by atoms with E-state index in [0.29, 0.717) is 33.0 Å². The first-order valence-corrected chi connectivity index (χ1v) is 10.2. The summed E-state index contributed by atoms with van der Waals surface area (Å²) < 4.78 is 0. The van der Waals surface area contributed by atoms with E-state index in [0.717, 1.165) is 16.2 Å². The van der Waals surface area contributed by atoms with Crippen molar-refractivity contribution in [3.63, 3.8) is 0 Å². The highest BCUT2D eigenvalue weighted by atomic mass is 35.5. The van der Waals surface area contributed by atoms with Gasteiger partial charge < -0.3 is 10.3 Å². The lowest BCUT2D eigenvalue weighted by Gasteiger charge is -2.10. The average molecular weight is 425 g/mol. The number of hydrogen-bond donors (Lipinski definition) is 2. The van der Waals surface area contributed by atoms with Gasteiger partial charge in [0, 0.05) is 27.1 Å². The fourth-order valence-electron chi connectivity index (χ4n) is 3.81. The number of carbonyl (C=O) groups is 2. The van der Waals surface area contributed by atoms with Crippen molar-refractivity contribution in [1.29, 1.82) is 0 Å². The van der Waals surface area contributed by atoms with E-state index in [4.69, 9.17) is 11.6 Å². The topological polar surface area (TPSA) is 62.0 Å². The summed E-state index contributed by atoms with van der Waals surface area (Å²) in [5.74, 6) is -0.490. The Kier molecular flexibility index (Phi) is 4.77. The van der Waals surface area contributed by atoms with Crippen molar-refractivity contribution in [2.24, 2.45) is 0 Å². The van der Waals surface area contributed by atoms with Crippen LogP contribution < -0.4 is 5.32 Å². The standard InChI is InChI=1S/C26H17ClN2O2/c27-18-13-14-21-22(15-18)28-24(25(30)17-8-2-1-3-9-17)23(21)29-26(31)20-12-6-10-16-7-4-5-11-19(16)20/h1-15,28H,(H,29,31). The number of fused-ring (bicyclic) bond motifs is 2. The van der Waals surface area contributed by atoms with Gasteiger partial charge in [-0.15, -0.1) is 0 Å². The van der Waals surface area contributed by atoms with Crippen molar-refractivity contribution < 1.29 is 9.59 Å². The molecule has 0 saturated heterocycles. The number of amides is 1. The fraction of sp³-hybridized carbons (Fsp3) is 0. The van der Waals surface area contributed by atoms with E-state index in [1.165, 1.54) is 0 Å². The number of carbonyl (C=O) groups excluding carboxylic acids is 2. The smallest absolute Gasteiger partial charge is 0.256 e. The van der Waals surface area contributed by atoms with Gasteiger partial charge in [-0.05, 0) is 35.0 Å². The molecular weight excluding hydrogens is 408 g/mol. The van der Waals surface area contributed by atoms with Crippen molar-refractivity contribution in [3.8, 4) is 0 Å². The summed E-state index contributed by atoms with van der Waals surface area (Å²) in [5, 5.41) is 6.06. The van der Waals surface area contributed by atoms with E-state index in [1.54, 1.807) is 48.5 Å². The molecule has 0 spiro atoms. The van der Waals surface area contributed by atoms with Crippen LogP contribution in [-0.4, -0.2) is 16.7 Å². The maximum atomic E-state index is 13.3. The van der Waals surface area contributed by atoms with Gasteiger partial charge in [-0.25, -0.2) is 0 Å². The molecule has 0 unspecified atom stereocenters. The quantitative estimate of drug-likeness (QED) is 0.325. The molecule has 4 nitrogen and oxygen atoms in total. The van der Waals surface area contributed by atoms with Crippen molar-refractivity contribution in [2.75, 3.05) is 5.32 Å². The summed E-state index contributed by atoms with van der Waals surface area (Å²) >= 11 is 6.15. The van der Waals surface area contributed by atoms with Gasteiger partial charge in [0.15, 0.2) is 0 Å². The molecule has 1 aromatic heterocycles. The first kappa shape index (κ1) is 19.1. The Morgan fingerprint density at radius 1 is 0.774 bits per heavy atom. The van der Waals surface area contributed by atoms with Crippen LogP contribution in [-0.2, 0) is 0 Å². The summed E-state index contributed by atoms with van der Waals surface area (Å²) in [7, 11) is 0. The van der Waals surface area contributed by atoms with Crippen molar-refractivity contribution in [1.82, 2.24) is 4.98 Å². The Hall–Kier alpha value is -3.89. The van der Waals surface area contributed by atoms with Crippen LogP contribution in [0.15, 0.2) is 91.0 Å². The molecule has 1 amide bonds. The number of rotatable bonds is 4. The SMILES string of the molecule is O=C(c1ccccc1)c1[nH]c2cc(Cl)ccc2c1NC(=O)c1cccc2ccccc12. The van der Waals surface area contributed by atoms with Gasteiger partial charge in [-0.3, -0.25) is 9.59 Å². The largest absolute Gasteiger partial charge is 0.350 e. The number of halogens is 1. The highest BCUT2D eigenvalue weighted by Gasteiger charge is 2.22. The number of aromatic amines is 1. The van der Waals surface area contributed by atoms with E-state index >= 15 is 0 Å². The average Bonchev–Trinajstić information content (AvgIpc) is 3.15. The van der Waals surface area contributed by atoms with Gasteiger partial charge >= 0.3 is 0 Å². The molecular formula is C26H17ClN2O2. The van der Waals surface area contributed by atoms with Gasteiger partial charge in [0.05, 0.1) is 5.69 Å². The van der Waals surface area contributed by atoms with Crippen molar-refractivity contribution >= 4 is 50.7 Å². The molecule has 0 aliphatic rings. The third-order valence-corrected chi connectivity index (χ3v) is 5.53. The van der Waals surface area contributed by atoms with E-state index in [1.807, 2.05) is 42.5 Å². The van der Waals surface area contributed by atoms with Crippen molar-refractivity contribution in [2.45, 2.75) is 0 Å². The highest BCUT2D eigenvalue weighted by Crippen LogP contribution is 2.32. The second-order valence-corrected chi connectivity index (χ2v) is 7.68. The molecule has 4 aromatic carbocycles. The fourth-order valence-corrected chi connectivity index (χ4v) is 3.98. The van der Waals surface area contributed by atoms with Crippen LogP contribution in [0.5, 0.6) is 0 Å². The normalized spacial score (nSPS) is 11.0. The molecule has 0 fully saturated rings. The van der Waals surface area contributed by atoms with Gasteiger partial charge in [-0.1, -0.05) is 78.3 Å². The number of benzene rings is 4. The lowest BCUT2D eigenvalue weighted by molar-refractivity contribution is 0.102. The van der Waals surface area contributed by atoms with Crippen LogP contribution in [0.25, 0.3) is 21.7 Å². The molecule has 150 valence electrons. The number of nitrogens with one attached hydrogen (secondary N) is 2. The monoisotopic (exact) mass is 424 g/mol. The summed E-state index contributed by atoms with van der Waals surface area (Å²) in [5.41, 5.74) is 2.51. The molecule has 5 rings (SSSR count). The van der Waals surface area contributed by atoms with Gasteiger partial charge in [0.2, 0.25) is 5.78 Å². The Morgan fingerprint density at radius 2 is 1.52 bits per heavy atom. The lowest BCUT2D eigenvalue weighted by atomic mass is 10.0. The van der Waals surface area contributed by atoms with E-state index in [2.05, 4.69) is 10.3 Å². The summed E-state index contributed by atoms with van der Waals surface area (Å²) in [6.45, 7) is 0.